The van der Waals surface area contributed by atoms with Crippen molar-refractivity contribution in [3.05, 3.63) is 48.0 Å². The minimum absolute atomic E-state index is 0.148. The topological polar surface area (TPSA) is 137 Å². The van der Waals surface area contributed by atoms with E-state index in [1.165, 1.54) is 52.9 Å². The summed E-state index contributed by atoms with van der Waals surface area (Å²) in [7, 11) is 2.44. The predicted octanol–water partition coefficient (Wildman–Crippen LogP) is 0.726. The van der Waals surface area contributed by atoms with Crippen LogP contribution in [0, 0.1) is 0 Å². The molecule has 0 unspecified atom stereocenters. The third-order valence-electron chi connectivity index (χ3n) is 4.23. The van der Waals surface area contributed by atoms with E-state index in [1.54, 1.807) is 12.1 Å². The molecule has 30 heavy (non-hydrogen) atoms. The van der Waals surface area contributed by atoms with Gasteiger partial charge < -0.3 is 20.1 Å². The van der Waals surface area contributed by atoms with E-state index >= 15 is 0 Å². The van der Waals surface area contributed by atoms with Gasteiger partial charge in [0, 0.05) is 24.8 Å². The highest BCUT2D eigenvalue weighted by Crippen LogP contribution is 2.26. The molecule has 2 atom stereocenters. The Morgan fingerprint density at radius 2 is 1.13 bits per heavy atom. The molecule has 0 aliphatic rings. The number of rotatable bonds is 7. The van der Waals surface area contributed by atoms with E-state index in [9.17, 15) is 19.2 Å². The van der Waals surface area contributed by atoms with Crippen LogP contribution in [0.3, 0.4) is 0 Å². The molecule has 2 N–H and O–H groups in total. The first-order chi connectivity index (χ1) is 14.3. The van der Waals surface area contributed by atoms with Crippen molar-refractivity contribution < 1.29 is 28.7 Å². The SMILES string of the molecule is COC(=O)[C@H](C)NC(=O)c1cnccc1-c1ccncc1C(=O)N[C@@H](C)C(=O)OC. The molecule has 2 aromatic heterocycles. The normalized spacial score (nSPS) is 12.3. The first kappa shape index (κ1) is 22.5. The molecule has 0 bridgehead atoms. The third-order valence-corrected chi connectivity index (χ3v) is 4.23. The van der Waals surface area contributed by atoms with Gasteiger partial charge in [-0.15, -0.1) is 0 Å². The molecule has 10 nitrogen and oxygen atoms in total. The number of hydrogen-bond acceptors (Lipinski definition) is 8. The van der Waals surface area contributed by atoms with Crippen molar-refractivity contribution in [3.63, 3.8) is 0 Å². The van der Waals surface area contributed by atoms with E-state index in [-0.39, 0.29) is 11.1 Å². The zero-order valence-electron chi connectivity index (χ0n) is 17.0. The largest absolute Gasteiger partial charge is 0.467 e. The first-order valence-electron chi connectivity index (χ1n) is 8.95. The molecular weight excluding hydrogens is 392 g/mol. The minimum Gasteiger partial charge on any atom is -0.467 e. The minimum atomic E-state index is -0.878. The maximum Gasteiger partial charge on any atom is 0.328 e. The molecule has 0 saturated carbocycles. The third kappa shape index (κ3) is 5.16. The van der Waals surface area contributed by atoms with Gasteiger partial charge in [-0.05, 0) is 37.1 Å². The van der Waals surface area contributed by atoms with Crippen LogP contribution in [-0.2, 0) is 19.1 Å². The van der Waals surface area contributed by atoms with Gasteiger partial charge in [-0.3, -0.25) is 19.6 Å². The van der Waals surface area contributed by atoms with Gasteiger partial charge in [0.25, 0.3) is 11.8 Å². The molecule has 2 aromatic rings. The number of methoxy groups -OCH3 is 2. The van der Waals surface area contributed by atoms with Crippen LogP contribution in [0.4, 0.5) is 0 Å². The molecule has 2 heterocycles. The highest BCUT2D eigenvalue weighted by molar-refractivity contribution is 6.07. The lowest BCUT2D eigenvalue weighted by atomic mass is 9.97. The molecule has 2 rings (SSSR count). The molecule has 0 aliphatic carbocycles. The molecule has 0 fully saturated rings. The van der Waals surface area contributed by atoms with Crippen LogP contribution in [0.15, 0.2) is 36.9 Å². The smallest absolute Gasteiger partial charge is 0.328 e. The quantitative estimate of drug-likeness (QED) is 0.633. The molecule has 0 saturated heterocycles. The summed E-state index contributed by atoms with van der Waals surface area (Å²) in [6.45, 7) is 2.97. The van der Waals surface area contributed by atoms with Crippen molar-refractivity contribution in [2.75, 3.05) is 14.2 Å². The Labute approximate surface area is 173 Å². The number of ether oxygens (including phenoxy) is 2. The van der Waals surface area contributed by atoms with Crippen LogP contribution >= 0.6 is 0 Å². The second-order valence-electron chi connectivity index (χ2n) is 6.28. The van der Waals surface area contributed by atoms with Crippen molar-refractivity contribution in [1.82, 2.24) is 20.6 Å². The van der Waals surface area contributed by atoms with E-state index in [1.807, 2.05) is 0 Å². The summed E-state index contributed by atoms with van der Waals surface area (Å²) in [5.74, 6) is -2.34. The lowest BCUT2D eigenvalue weighted by Gasteiger charge is -2.16. The number of hydrogen-bond donors (Lipinski definition) is 2. The fourth-order valence-electron chi connectivity index (χ4n) is 2.64. The van der Waals surface area contributed by atoms with Crippen molar-refractivity contribution in [3.8, 4) is 11.1 Å². The Balaban J connectivity index is 2.40. The maximum absolute atomic E-state index is 12.7. The molecule has 0 aromatic carbocycles. The number of pyridine rings is 2. The highest BCUT2D eigenvalue weighted by atomic mass is 16.5. The fourth-order valence-corrected chi connectivity index (χ4v) is 2.64. The highest BCUT2D eigenvalue weighted by Gasteiger charge is 2.23. The Morgan fingerprint density at radius 1 is 0.767 bits per heavy atom. The van der Waals surface area contributed by atoms with Crippen LogP contribution < -0.4 is 10.6 Å². The Morgan fingerprint density at radius 3 is 1.47 bits per heavy atom. The summed E-state index contributed by atoms with van der Waals surface area (Å²) in [4.78, 5) is 56.6. The van der Waals surface area contributed by atoms with Crippen LogP contribution in [-0.4, -0.2) is 60.0 Å². The number of esters is 2. The number of nitrogens with zero attached hydrogens (tertiary/aromatic N) is 2. The van der Waals surface area contributed by atoms with Gasteiger partial charge in [0.2, 0.25) is 0 Å². The zero-order valence-corrected chi connectivity index (χ0v) is 17.0. The Hall–Kier alpha value is -3.82. The monoisotopic (exact) mass is 414 g/mol. The van der Waals surface area contributed by atoms with Gasteiger partial charge in [0.15, 0.2) is 0 Å². The molecule has 10 heteroatoms. The lowest BCUT2D eigenvalue weighted by Crippen LogP contribution is -2.40. The summed E-state index contributed by atoms with van der Waals surface area (Å²) in [6, 6.07) is 1.37. The standard InChI is InChI=1S/C20H22N4O6/c1-11(19(27)29-3)23-17(25)15-9-21-7-5-13(15)14-6-8-22-10-16(14)18(26)24-12(2)20(28)30-4/h5-12H,1-4H3,(H,23,25)(H,24,26)/t11-,12-/m0/s1. The van der Waals surface area contributed by atoms with Crippen LogP contribution in [0.5, 0.6) is 0 Å². The summed E-state index contributed by atoms with van der Waals surface area (Å²) in [5, 5.41) is 5.06. The molecule has 0 radical (unpaired) electrons. The molecule has 158 valence electrons. The average Bonchev–Trinajstić information content (AvgIpc) is 2.77. The number of aromatic nitrogens is 2. The van der Waals surface area contributed by atoms with E-state index < -0.39 is 35.8 Å². The van der Waals surface area contributed by atoms with E-state index in [4.69, 9.17) is 0 Å². The van der Waals surface area contributed by atoms with Crippen LogP contribution in [0.1, 0.15) is 34.6 Å². The summed E-state index contributed by atoms with van der Waals surface area (Å²) < 4.78 is 9.22. The zero-order chi connectivity index (χ0) is 22.3. The van der Waals surface area contributed by atoms with Crippen LogP contribution in [0.2, 0.25) is 0 Å². The first-order valence-corrected chi connectivity index (χ1v) is 8.95. The second kappa shape index (κ2) is 10.1. The van der Waals surface area contributed by atoms with Gasteiger partial charge in [-0.1, -0.05) is 0 Å². The van der Waals surface area contributed by atoms with Gasteiger partial charge in [0.05, 0.1) is 25.3 Å². The van der Waals surface area contributed by atoms with Crippen molar-refractivity contribution >= 4 is 23.8 Å². The molecule has 0 spiro atoms. The van der Waals surface area contributed by atoms with Gasteiger partial charge in [-0.25, -0.2) is 9.59 Å². The van der Waals surface area contributed by atoms with Gasteiger partial charge in [-0.2, -0.15) is 0 Å². The number of carbonyl (C=O) groups is 4. The van der Waals surface area contributed by atoms with Crippen molar-refractivity contribution in [2.45, 2.75) is 25.9 Å². The predicted molar refractivity (Wildman–Crippen MR) is 105 cm³/mol. The van der Waals surface area contributed by atoms with E-state index in [0.717, 1.165) is 0 Å². The van der Waals surface area contributed by atoms with Crippen molar-refractivity contribution in [1.29, 1.82) is 0 Å². The summed E-state index contributed by atoms with van der Waals surface area (Å²) in [6.07, 6.45) is 5.59. The number of amides is 2. The maximum atomic E-state index is 12.7. The lowest BCUT2D eigenvalue weighted by molar-refractivity contribution is -0.143. The summed E-state index contributed by atoms with van der Waals surface area (Å²) in [5.41, 5.74) is 1.10. The van der Waals surface area contributed by atoms with Gasteiger partial charge >= 0.3 is 11.9 Å². The van der Waals surface area contributed by atoms with E-state index in [2.05, 4.69) is 30.1 Å². The van der Waals surface area contributed by atoms with Crippen LogP contribution in [0.25, 0.3) is 11.1 Å². The molecule has 0 aliphatic heterocycles. The van der Waals surface area contributed by atoms with Crippen molar-refractivity contribution in [2.24, 2.45) is 0 Å². The number of carbonyl (C=O) groups excluding carboxylic acids is 4. The molecule has 2 amide bonds. The fraction of sp³-hybridized carbons (Fsp3) is 0.300. The Kier molecular flexibility index (Phi) is 7.56. The molecular formula is C20H22N4O6. The Bertz CT molecular complexity index is 884. The van der Waals surface area contributed by atoms with E-state index in [0.29, 0.717) is 11.1 Å². The average molecular weight is 414 g/mol. The van der Waals surface area contributed by atoms with Gasteiger partial charge in [0.1, 0.15) is 12.1 Å². The second-order valence-corrected chi connectivity index (χ2v) is 6.28. The summed E-state index contributed by atoms with van der Waals surface area (Å²) >= 11 is 0. The number of nitrogens with one attached hydrogen (secondary N) is 2.